The van der Waals surface area contributed by atoms with Gasteiger partial charge in [0.2, 0.25) is 0 Å². The highest BCUT2D eigenvalue weighted by molar-refractivity contribution is 7.98. The average Bonchev–Trinajstić information content (AvgIpc) is 2.48. The Kier molecular flexibility index (Phi) is 5.56. The Morgan fingerprint density at radius 2 is 1.75 bits per heavy atom. The van der Waals surface area contributed by atoms with Crippen LogP contribution in [0.15, 0.2) is 41.6 Å². The minimum Gasteiger partial charge on any atom is -0.312 e. The lowest BCUT2D eigenvalue weighted by molar-refractivity contribution is 0.551. The first-order valence-corrected chi connectivity index (χ1v) is 8.07. The molecular weight excluding hydrogens is 266 g/mol. The summed E-state index contributed by atoms with van der Waals surface area (Å²) >= 11 is 1.74. The molecule has 1 N–H and O–H groups in total. The van der Waals surface area contributed by atoms with Gasteiger partial charge in [-0.2, -0.15) is 0 Å². The summed E-state index contributed by atoms with van der Waals surface area (Å²) in [6.07, 6.45) is 5.88. The fourth-order valence-electron chi connectivity index (χ4n) is 1.84. The van der Waals surface area contributed by atoms with E-state index in [1.807, 2.05) is 12.4 Å². The van der Waals surface area contributed by atoms with E-state index in [2.05, 4.69) is 59.7 Å². The van der Waals surface area contributed by atoms with Gasteiger partial charge in [-0.3, -0.25) is 0 Å². The Morgan fingerprint density at radius 1 is 1.10 bits per heavy atom. The molecular formula is C16H21N3S. The quantitative estimate of drug-likeness (QED) is 0.824. The van der Waals surface area contributed by atoms with Gasteiger partial charge in [-0.1, -0.05) is 26.0 Å². The van der Waals surface area contributed by atoms with E-state index in [0.717, 1.165) is 30.0 Å². The second kappa shape index (κ2) is 7.41. The predicted octanol–water partition coefficient (Wildman–Crippen LogP) is 3.61. The first kappa shape index (κ1) is 15.0. The second-order valence-electron chi connectivity index (χ2n) is 5.17. The number of aromatic nitrogens is 2. The van der Waals surface area contributed by atoms with Crippen molar-refractivity contribution in [1.82, 2.24) is 15.3 Å². The Hall–Kier alpha value is -1.39. The lowest BCUT2D eigenvalue weighted by Crippen LogP contribution is -2.19. The largest absolute Gasteiger partial charge is 0.312 e. The van der Waals surface area contributed by atoms with Gasteiger partial charge in [0, 0.05) is 35.0 Å². The van der Waals surface area contributed by atoms with Crippen LogP contribution >= 0.6 is 11.8 Å². The number of hydrogen-bond acceptors (Lipinski definition) is 4. The van der Waals surface area contributed by atoms with Crippen LogP contribution in [0.2, 0.25) is 0 Å². The molecule has 1 aromatic heterocycles. The van der Waals surface area contributed by atoms with Crippen LogP contribution in [0.1, 0.15) is 19.4 Å². The highest BCUT2D eigenvalue weighted by Gasteiger charge is 2.02. The van der Waals surface area contributed by atoms with Crippen molar-refractivity contribution in [1.29, 1.82) is 0 Å². The van der Waals surface area contributed by atoms with Gasteiger partial charge < -0.3 is 5.32 Å². The number of hydrogen-bond donors (Lipinski definition) is 1. The molecule has 0 aliphatic carbocycles. The minimum atomic E-state index is 0.658. The van der Waals surface area contributed by atoms with Crippen LogP contribution in [-0.4, -0.2) is 22.8 Å². The number of rotatable bonds is 6. The van der Waals surface area contributed by atoms with Crippen LogP contribution in [-0.2, 0) is 6.54 Å². The van der Waals surface area contributed by atoms with Crippen LogP contribution in [0.4, 0.5) is 0 Å². The Bertz CT molecular complexity index is 520. The van der Waals surface area contributed by atoms with Crippen LogP contribution in [0.3, 0.4) is 0 Å². The van der Waals surface area contributed by atoms with E-state index in [9.17, 15) is 0 Å². The molecule has 0 unspecified atom stereocenters. The monoisotopic (exact) mass is 287 g/mol. The summed E-state index contributed by atoms with van der Waals surface area (Å²) in [4.78, 5) is 10.1. The third-order valence-electron chi connectivity index (χ3n) is 2.94. The Balaban J connectivity index is 1.99. The SMILES string of the molecule is CSc1ccc(-c2ncc(CNCC(C)C)cn2)cc1. The van der Waals surface area contributed by atoms with Crippen LogP contribution < -0.4 is 5.32 Å². The van der Waals surface area contributed by atoms with E-state index in [1.165, 1.54) is 4.90 Å². The van der Waals surface area contributed by atoms with E-state index in [1.54, 1.807) is 11.8 Å². The van der Waals surface area contributed by atoms with Crippen molar-refractivity contribution < 1.29 is 0 Å². The van der Waals surface area contributed by atoms with Crippen molar-refractivity contribution in [2.75, 3.05) is 12.8 Å². The van der Waals surface area contributed by atoms with E-state index < -0.39 is 0 Å². The molecule has 0 spiro atoms. The number of nitrogens with zero attached hydrogens (tertiary/aromatic N) is 2. The number of benzene rings is 1. The molecule has 0 fully saturated rings. The first-order valence-electron chi connectivity index (χ1n) is 6.85. The van der Waals surface area contributed by atoms with Gasteiger partial charge in [0.15, 0.2) is 5.82 Å². The normalized spacial score (nSPS) is 11.0. The highest BCUT2D eigenvalue weighted by atomic mass is 32.2. The zero-order valence-electron chi connectivity index (χ0n) is 12.3. The zero-order chi connectivity index (χ0) is 14.4. The molecule has 0 bridgehead atoms. The molecule has 1 aromatic carbocycles. The van der Waals surface area contributed by atoms with E-state index >= 15 is 0 Å². The molecule has 0 aliphatic rings. The lowest BCUT2D eigenvalue weighted by atomic mass is 10.2. The van der Waals surface area contributed by atoms with Crippen molar-refractivity contribution >= 4 is 11.8 Å². The number of nitrogens with one attached hydrogen (secondary N) is 1. The predicted molar refractivity (Wildman–Crippen MR) is 85.8 cm³/mol. The lowest BCUT2D eigenvalue weighted by Gasteiger charge is -2.07. The van der Waals surface area contributed by atoms with Gasteiger partial charge in [-0.15, -0.1) is 11.8 Å². The van der Waals surface area contributed by atoms with Crippen molar-refractivity contribution in [3.05, 3.63) is 42.2 Å². The third-order valence-corrected chi connectivity index (χ3v) is 3.68. The second-order valence-corrected chi connectivity index (χ2v) is 6.05. The van der Waals surface area contributed by atoms with E-state index in [4.69, 9.17) is 0 Å². The summed E-state index contributed by atoms with van der Waals surface area (Å²) in [6.45, 7) is 6.23. The molecule has 0 aliphatic heterocycles. The van der Waals surface area contributed by atoms with Gasteiger partial charge >= 0.3 is 0 Å². The van der Waals surface area contributed by atoms with Crippen molar-refractivity contribution in [3.8, 4) is 11.4 Å². The maximum absolute atomic E-state index is 4.44. The van der Waals surface area contributed by atoms with Gasteiger partial charge in [0.05, 0.1) is 0 Å². The van der Waals surface area contributed by atoms with Crippen molar-refractivity contribution in [2.24, 2.45) is 5.92 Å². The topological polar surface area (TPSA) is 37.8 Å². The molecule has 20 heavy (non-hydrogen) atoms. The Labute approximate surface area is 125 Å². The molecule has 106 valence electrons. The summed E-state index contributed by atoms with van der Waals surface area (Å²) in [5.41, 5.74) is 2.18. The van der Waals surface area contributed by atoms with Crippen molar-refractivity contribution in [2.45, 2.75) is 25.3 Å². The summed E-state index contributed by atoms with van der Waals surface area (Å²) in [7, 11) is 0. The summed E-state index contributed by atoms with van der Waals surface area (Å²) < 4.78 is 0. The maximum atomic E-state index is 4.44. The molecule has 0 saturated heterocycles. The Morgan fingerprint density at radius 3 is 2.30 bits per heavy atom. The molecule has 0 radical (unpaired) electrons. The third kappa shape index (κ3) is 4.32. The first-order chi connectivity index (χ1) is 9.69. The van der Waals surface area contributed by atoms with Gasteiger partial charge in [0.1, 0.15) is 0 Å². The van der Waals surface area contributed by atoms with E-state index in [0.29, 0.717) is 5.92 Å². The molecule has 2 aromatic rings. The highest BCUT2D eigenvalue weighted by Crippen LogP contribution is 2.20. The van der Waals surface area contributed by atoms with Crippen LogP contribution in [0.25, 0.3) is 11.4 Å². The van der Waals surface area contributed by atoms with Crippen molar-refractivity contribution in [3.63, 3.8) is 0 Å². The molecule has 0 saturated carbocycles. The zero-order valence-corrected chi connectivity index (χ0v) is 13.1. The smallest absolute Gasteiger partial charge is 0.159 e. The van der Waals surface area contributed by atoms with Gasteiger partial charge in [-0.25, -0.2) is 9.97 Å². The van der Waals surface area contributed by atoms with Crippen LogP contribution in [0, 0.1) is 5.92 Å². The standard InChI is InChI=1S/C16H21N3S/c1-12(2)8-17-9-13-10-18-16(19-11-13)14-4-6-15(20-3)7-5-14/h4-7,10-12,17H,8-9H2,1-3H3. The molecule has 0 atom stereocenters. The van der Waals surface area contributed by atoms with Crippen LogP contribution in [0.5, 0.6) is 0 Å². The molecule has 2 rings (SSSR count). The molecule has 0 amide bonds. The summed E-state index contributed by atoms with van der Waals surface area (Å²) in [6, 6.07) is 8.33. The molecule has 1 heterocycles. The van der Waals surface area contributed by atoms with Gasteiger partial charge in [0.25, 0.3) is 0 Å². The van der Waals surface area contributed by atoms with E-state index in [-0.39, 0.29) is 0 Å². The minimum absolute atomic E-state index is 0.658. The maximum Gasteiger partial charge on any atom is 0.159 e. The average molecular weight is 287 g/mol. The molecule has 3 nitrogen and oxygen atoms in total. The fourth-order valence-corrected chi connectivity index (χ4v) is 2.25. The molecule has 4 heteroatoms. The fraction of sp³-hybridized carbons (Fsp3) is 0.375. The summed E-state index contributed by atoms with van der Waals surface area (Å²) in [5, 5.41) is 3.39. The summed E-state index contributed by atoms with van der Waals surface area (Å²) in [5.74, 6) is 1.44. The van der Waals surface area contributed by atoms with Gasteiger partial charge in [-0.05, 0) is 30.9 Å². The number of thioether (sulfide) groups is 1.